The molecular weight excluding hydrogens is 457 g/mol. The summed E-state index contributed by atoms with van der Waals surface area (Å²) in [6.45, 7) is -0.0679. The summed E-state index contributed by atoms with van der Waals surface area (Å²) in [6, 6.07) is 4.00. The summed E-state index contributed by atoms with van der Waals surface area (Å²) in [4.78, 5) is 29.5. The Morgan fingerprint density at radius 1 is 1.28 bits per heavy atom. The number of nitrogens with zero attached hydrogens (tertiary/aromatic N) is 2. The molecule has 2 aromatic rings. The van der Waals surface area contributed by atoms with E-state index in [2.05, 4.69) is 10.3 Å². The van der Waals surface area contributed by atoms with Crippen molar-refractivity contribution in [2.24, 2.45) is 0 Å². The van der Waals surface area contributed by atoms with Crippen molar-refractivity contribution < 1.29 is 31.5 Å². The second-order valence-corrected chi connectivity index (χ2v) is 7.79. The quantitative estimate of drug-likeness (QED) is 0.608. The number of alkyl halides is 3. The Bertz CT molecular complexity index is 1020. The first-order chi connectivity index (χ1) is 15.1. The van der Waals surface area contributed by atoms with Gasteiger partial charge in [0.05, 0.1) is 16.3 Å². The van der Waals surface area contributed by atoms with Crippen molar-refractivity contribution in [1.82, 2.24) is 15.2 Å². The van der Waals surface area contributed by atoms with Gasteiger partial charge in [-0.15, -0.1) is 0 Å². The SMILES string of the molecule is O=C(CC1CCC(=O)N1Cc1cccc(F)c1F)NCCc1ncc(C(F)(F)F)cc1Cl. The zero-order valence-corrected chi connectivity index (χ0v) is 17.4. The van der Waals surface area contributed by atoms with Crippen LogP contribution in [0.25, 0.3) is 0 Å². The van der Waals surface area contributed by atoms with E-state index in [4.69, 9.17) is 11.6 Å². The average Bonchev–Trinajstić information content (AvgIpc) is 3.05. The molecule has 1 aliphatic rings. The second-order valence-electron chi connectivity index (χ2n) is 7.38. The fraction of sp³-hybridized carbons (Fsp3) is 0.381. The number of carbonyl (C=O) groups excluding carboxylic acids is 2. The predicted octanol–water partition coefficient (Wildman–Crippen LogP) is 4.27. The van der Waals surface area contributed by atoms with Crippen molar-refractivity contribution in [1.29, 1.82) is 0 Å². The Morgan fingerprint density at radius 2 is 2.03 bits per heavy atom. The highest BCUT2D eigenvalue weighted by molar-refractivity contribution is 6.31. The third-order valence-electron chi connectivity index (χ3n) is 5.17. The van der Waals surface area contributed by atoms with E-state index < -0.39 is 35.3 Å². The number of halogens is 6. The molecule has 0 radical (unpaired) electrons. The largest absolute Gasteiger partial charge is 0.417 e. The van der Waals surface area contributed by atoms with Gasteiger partial charge in [-0.3, -0.25) is 14.6 Å². The lowest BCUT2D eigenvalue weighted by Crippen LogP contribution is -2.37. The number of pyridine rings is 1. The van der Waals surface area contributed by atoms with E-state index >= 15 is 0 Å². The molecule has 1 aromatic carbocycles. The van der Waals surface area contributed by atoms with Crippen molar-refractivity contribution in [2.45, 2.75) is 44.4 Å². The lowest BCUT2D eigenvalue weighted by atomic mass is 10.1. The summed E-state index contributed by atoms with van der Waals surface area (Å²) in [5.41, 5.74) is -0.732. The van der Waals surface area contributed by atoms with Crippen molar-refractivity contribution in [3.63, 3.8) is 0 Å². The van der Waals surface area contributed by atoms with Crippen LogP contribution in [0, 0.1) is 11.6 Å². The molecule has 3 rings (SSSR count). The van der Waals surface area contributed by atoms with Gasteiger partial charge in [-0.25, -0.2) is 8.78 Å². The van der Waals surface area contributed by atoms with Gasteiger partial charge in [-0.05, 0) is 18.6 Å². The minimum Gasteiger partial charge on any atom is -0.356 e. The lowest BCUT2D eigenvalue weighted by Gasteiger charge is -2.25. The molecule has 0 saturated carbocycles. The first-order valence-corrected chi connectivity index (χ1v) is 10.1. The van der Waals surface area contributed by atoms with Crippen LogP contribution in [0.3, 0.4) is 0 Å². The number of rotatable bonds is 7. The summed E-state index contributed by atoms with van der Waals surface area (Å²) in [6.07, 6.45) is -3.21. The van der Waals surface area contributed by atoms with Crippen LogP contribution in [-0.2, 0) is 28.7 Å². The zero-order chi connectivity index (χ0) is 23.5. The number of hydrogen-bond acceptors (Lipinski definition) is 3. The standard InChI is InChI=1S/C21H19ClF5N3O2/c22-15-8-13(21(25,26)27)10-29-17(15)6-7-28-18(31)9-14-4-5-19(32)30(14)11-12-2-1-3-16(23)20(12)24/h1-3,8,10,14H,4-7,9,11H2,(H,28,31). The van der Waals surface area contributed by atoms with Crippen molar-refractivity contribution >= 4 is 23.4 Å². The topological polar surface area (TPSA) is 62.3 Å². The van der Waals surface area contributed by atoms with Crippen LogP contribution in [0.5, 0.6) is 0 Å². The first kappa shape index (κ1) is 23.9. The van der Waals surface area contributed by atoms with Gasteiger partial charge in [-0.2, -0.15) is 13.2 Å². The van der Waals surface area contributed by atoms with Crippen LogP contribution in [0.2, 0.25) is 5.02 Å². The van der Waals surface area contributed by atoms with Gasteiger partial charge in [0.1, 0.15) is 0 Å². The third-order valence-corrected chi connectivity index (χ3v) is 5.50. The molecule has 32 heavy (non-hydrogen) atoms. The maximum Gasteiger partial charge on any atom is 0.417 e. The van der Waals surface area contributed by atoms with Crippen LogP contribution < -0.4 is 5.32 Å². The van der Waals surface area contributed by atoms with E-state index in [1.165, 1.54) is 17.0 Å². The molecule has 0 aliphatic carbocycles. The molecule has 5 nitrogen and oxygen atoms in total. The van der Waals surface area contributed by atoms with Gasteiger partial charge in [0.15, 0.2) is 11.6 Å². The van der Waals surface area contributed by atoms with Crippen LogP contribution >= 0.6 is 11.6 Å². The number of nitrogens with one attached hydrogen (secondary N) is 1. The van der Waals surface area contributed by atoms with Crippen molar-refractivity contribution in [3.05, 3.63) is 63.9 Å². The highest BCUT2D eigenvalue weighted by Crippen LogP contribution is 2.31. The highest BCUT2D eigenvalue weighted by atomic mass is 35.5. The minimum atomic E-state index is -4.55. The molecule has 1 N–H and O–H groups in total. The lowest BCUT2D eigenvalue weighted by molar-refractivity contribution is -0.138. The third kappa shape index (κ3) is 5.73. The maximum atomic E-state index is 14.0. The predicted molar refractivity (Wildman–Crippen MR) is 106 cm³/mol. The summed E-state index contributed by atoms with van der Waals surface area (Å²) >= 11 is 5.85. The van der Waals surface area contributed by atoms with E-state index in [1.54, 1.807) is 0 Å². The molecule has 11 heteroatoms. The normalized spacial score (nSPS) is 16.5. The number of aromatic nitrogens is 1. The maximum absolute atomic E-state index is 14.0. The van der Waals surface area contributed by atoms with Gasteiger partial charge in [0, 0.05) is 50.2 Å². The smallest absolute Gasteiger partial charge is 0.356 e. The fourth-order valence-electron chi connectivity index (χ4n) is 3.49. The summed E-state index contributed by atoms with van der Waals surface area (Å²) in [5.74, 6) is -2.69. The Balaban J connectivity index is 1.54. The fourth-order valence-corrected chi connectivity index (χ4v) is 3.75. The highest BCUT2D eigenvalue weighted by Gasteiger charge is 2.33. The molecule has 0 bridgehead atoms. The number of hydrogen-bond donors (Lipinski definition) is 1. The van der Waals surface area contributed by atoms with Gasteiger partial charge < -0.3 is 10.2 Å². The van der Waals surface area contributed by atoms with Crippen molar-refractivity contribution in [2.75, 3.05) is 6.54 Å². The van der Waals surface area contributed by atoms with Gasteiger partial charge in [-0.1, -0.05) is 23.7 Å². The molecule has 172 valence electrons. The van der Waals surface area contributed by atoms with Crippen molar-refractivity contribution in [3.8, 4) is 0 Å². The monoisotopic (exact) mass is 475 g/mol. The summed E-state index contributed by atoms with van der Waals surface area (Å²) in [7, 11) is 0. The molecule has 0 spiro atoms. The molecule has 1 aromatic heterocycles. The molecule has 2 amide bonds. The summed E-state index contributed by atoms with van der Waals surface area (Å²) in [5, 5.41) is 2.46. The van der Waals surface area contributed by atoms with Crippen LogP contribution in [-0.4, -0.2) is 34.3 Å². The van der Waals surface area contributed by atoms with E-state index in [0.29, 0.717) is 12.6 Å². The number of likely N-dealkylation sites (tertiary alicyclic amines) is 1. The van der Waals surface area contributed by atoms with Gasteiger partial charge in [0.2, 0.25) is 11.8 Å². The van der Waals surface area contributed by atoms with Gasteiger partial charge in [0.25, 0.3) is 0 Å². The molecule has 1 unspecified atom stereocenters. The van der Waals surface area contributed by atoms with Crippen LogP contribution in [0.15, 0.2) is 30.5 Å². The molecule has 1 atom stereocenters. The number of benzene rings is 1. The van der Waals surface area contributed by atoms with E-state index in [9.17, 15) is 31.5 Å². The molecule has 2 heterocycles. The van der Waals surface area contributed by atoms with E-state index in [-0.39, 0.29) is 54.5 Å². The molecule has 1 saturated heterocycles. The zero-order valence-electron chi connectivity index (χ0n) is 16.7. The Labute approximate surface area is 185 Å². The number of carbonyl (C=O) groups is 2. The summed E-state index contributed by atoms with van der Waals surface area (Å²) < 4.78 is 65.4. The van der Waals surface area contributed by atoms with Gasteiger partial charge >= 0.3 is 6.18 Å². The molecule has 1 fully saturated rings. The average molecular weight is 476 g/mol. The van der Waals surface area contributed by atoms with E-state index in [1.807, 2.05) is 0 Å². The number of amides is 2. The van der Waals surface area contributed by atoms with E-state index in [0.717, 1.165) is 12.1 Å². The minimum absolute atomic E-state index is 0.0219. The first-order valence-electron chi connectivity index (χ1n) is 9.77. The molecular formula is C21H19ClF5N3O2. The second kappa shape index (κ2) is 9.81. The van der Waals surface area contributed by atoms with Crippen LogP contribution in [0.1, 0.15) is 36.1 Å². The van der Waals surface area contributed by atoms with Crippen LogP contribution in [0.4, 0.5) is 22.0 Å². The Kier molecular flexibility index (Phi) is 7.33. The molecule has 1 aliphatic heterocycles. The Morgan fingerprint density at radius 3 is 2.72 bits per heavy atom. The Hall–Kier alpha value is -2.75.